The van der Waals surface area contributed by atoms with Crippen molar-refractivity contribution in [1.29, 1.82) is 0 Å². The molecule has 0 aromatic heterocycles. The molecule has 0 aliphatic heterocycles. The maximum atomic E-state index is 11.6. The minimum Gasteiger partial charge on any atom is -0.465 e. The van der Waals surface area contributed by atoms with Gasteiger partial charge in [-0.3, -0.25) is 0 Å². The lowest BCUT2D eigenvalue weighted by molar-refractivity contribution is 0.0597. The molecule has 0 aliphatic carbocycles. The summed E-state index contributed by atoms with van der Waals surface area (Å²) in [6.45, 7) is 0. The van der Waals surface area contributed by atoms with E-state index in [9.17, 15) is 4.79 Å². The number of thioether (sulfide) groups is 1. The summed E-state index contributed by atoms with van der Waals surface area (Å²) in [5.74, 6) is 0.481. The summed E-state index contributed by atoms with van der Waals surface area (Å²) in [5.41, 5.74) is 8.17. The van der Waals surface area contributed by atoms with Gasteiger partial charge in [0.15, 0.2) is 0 Å². The van der Waals surface area contributed by atoms with Crippen LogP contribution in [0.2, 0.25) is 0 Å². The second-order valence-corrected chi connectivity index (χ2v) is 5.04. The maximum Gasteiger partial charge on any atom is 0.338 e. The zero-order chi connectivity index (χ0) is 13.7. The van der Waals surface area contributed by atoms with Crippen LogP contribution >= 0.6 is 11.8 Å². The molecule has 0 saturated heterocycles. The molecule has 98 valence electrons. The van der Waals surface area contributed by atoms with Crippen LogP contribution in [-0.4, -0.2) is 13.1 Å². The average Bonchev–Trinajstić information content (AvgIpc) is 2.46. The van der Waals surface area contributed by atoms with Gasteiger partial charge in [-0.25, -0.2) is 4.79 Å². The molecule has 2 aromatic rings. The van der Waals surface area contributed by atoms with Crippen LogP contribution < -0.4 is 5.73 Å². The molecule has 0 saturated carbocycles. The third-order valence-corrected chi connectivity index (χ3v) is 3.81. The van der Waals surface area contributed by atoms with Gasteiger partial charge in [0, 0.05) is 16.3 Å². The van der Waals surface area contributed by atoms with Gasteiger partial charge >= 0.3 is 5.97 Å². The lowest BCUT2D eigenvalue weighted by Crippen LogP contribution is -2.02. The van der Waals surface area contributed by atoms with Crippen LogP contribution in [0.5, 0.6) is 0 Å². The van der Waals surface area contributed by atoms with Crippen LogP contribution in [0, 0.1) is 0 Å². The van der Waals surface area contributed by atoms with Crippen molar-refractivity contribution in [2.75, 3.05) is 12.8 Å². The van der Waals surface area contributed by atoms with Gasteiger partial charge < -0.3 is 10.5 Å². The first-order chi connectivity index (χ1) is 9.20. The first kappa shape index (κ1) is 13.5. The highest BCUT2D eigenvalue weighted by Gasteiger charge is 2.11. The predicted octanol–water partition coefficient (Wildman–Crippen LogP) is 3.35. The number of rotatable bonds is 4. The van der Waals surface area contributed by atoms with E-state index in [1.165, 1.54) is 12.7 Å². The monoisotopic (exact) mass is 273 g/mol. The lowest BCUT2D eigenvalue weighted by Gasteiger charge is -2.07. The second kappa shape index (κ2) is 6.29. The Morgan fingerprint density at radius 1 is 1.16 bits per heavy atom. The fourth-order valence-electron chi connectivity index (χ4n) is 1.65. The Bertz CT molecular complexity index is 567. The van der Waals surface area contributed by atoms with Gasteiger partial charge in [-0.2, -0.15) is 0 Å². The van der Waals surface area contributed by atoms with E-state index >= 15 is 0 Å². The summed E-state index contributed by atoms with van der Waals surface area (Å²) in [6, 6.07) is 15.2. The third-order valence-electron chi connectivity index (χ3n) is 2.67. The highest BCUT2D eigenvalue weighted by Crippen LogP contribution is 2.27. The Morgan fingerprint density at radius 3 is 2.53 bits per heavy atom. The Hall–Kier alpha value is -1.94. The Balaban J connectivity index is 2.11. The zero-order valence-electron chi connectivity index (χ0n) is 10.6. The van der Waals surface area contributed by atoms with Gasteiger partial charge in [-0.1, -0.05) is 24.3 Å². The number of carbonyl (C=O) groups is 1. The zero-order valence-corrected chi connectivity index (χ0v) is 11.4. The lowest BCUT2D eigenvalue weighted by atomic mass is 10.2. The molecule has 0 bridgehead atoms. The van der Waals surface area contributed by atoms with E-state index in [0.29, 0.717) is 5.56 Å². The minimum absolute atomic E-state index is 0.305. The molecular formula is C15H15NO2S. The highest BCUT2D eigenvalue weighted by molar-refractivity contribution is 7.98. The van der Waals surface area contributed by atoms with Crippen molar-refractivity contribution in [2.45, 2.75) is 10.6 Å². The molecule has 2 rings (SSSR count). The normalized spacial score (nSPS) is 10.2. The number of esters is 1. The van der Waals surface area contributed by atoms with E-state index in [1.54, 1.807) is 17.8 Å². The number of benzene rings is 2. The van der Waals surface area contributed by atoms with Gasteiger partial charge in [-0.05, 0) is 29.8 Å². The molecule has 0 amide bonds. The summed E-state index contributed by atoms with van der Waals surface area (Å²) in [5, 5.41) is 0. The van der Waals surface area contributed by atoms with E-state index in [-0.39, 0.29) is 5.97 Å². The Morgan fingerprint density at radius 2 is 1.84 bits per heavy atom. The van der Waals surface area contributed by atoms with Crippen molar-refractivity contribution in [3.63, 3.8) is 0 Å². The highest BCUT2D eigenvalue weighted by atomic mass is 32.2. The van der Waals surface area contributed by atoms with Crippen LogP contribution in [-0.2, 0) is 10.5 Å². The van der Waals surface area contributed by atoms with E-state index in [0.717, 1.165) is 16.3 Å². The Labute approximate surface area is 116 Å². The van der Waals surface area contributed by atoms with Crippen LogP contribution in [0.25, 0.3) is 0 Å². The fraction of sp³-hybridized carbons (Fsp3) is 0.133. The smallest absolute Gasteiger partial charge is 0.338 e. The van der Waals surface area contributed by atoms with Gasteiger partial charge in [0.2, 0.25) is 0 Å². The van der Waals surface area contributed by atoms with Crippen molar-refractivity contribution in [2.24, 2.45) is 0 Å². The second-order valence-electron chi connectivity index (χ2n) is 4.02. The van der Waals surface area contributed by atoms with Crippen molar-refractivity contribution < 1.29 is 9.53 Å². The number of ether oxygens (including phenoxy) is 1. The molecular weight excluding hydrogens is 258 g/mol. The fourth-order valence-corrected chi connectivity index (χ4v) is 2.64. The third kappa shape index (κ3) is 3.51. The summed E-state index contributed by atoms with van der Waals surface area (Å²) in [4.78, 5) is 12.6. The molecule has 0 radical (unpaired) electrons. The van der Waals surface area contributed by atoms with Crippen LogP contribution in [0.4, 0.5) is 5.69 Å². The number of carbonyl (C=O) groups excluding carboxylic acids is 1. The van der Waals surface area contributed by atoms with E-state index in [4.69, 9.17) is 10.5 Å². The molecule has 0 atom stereocenters. The first-order valence-electron chi connectivity index (χ1n) is 5.85. The Kier molecular flexibility index (Phi) is 4.47. The van der Waals surface area contributed by atoms with Crippen molar-refractivity contribution in [3.05, 3.63) is 59.7 Å². The summed E-state index contributed by atoms with van der Waals surface area (Å²) >= 11 is 1.61. The summed E-state index contributed by atoms with van der Waals surface area (Å²) in [7, 11) is 1.39. The van der Waals surface area contributed by atoms with E-state index < -0.39 is 0 Å². The molecule has 0 heterocycles. The number of methoxy groups -OCH3 is 1. The number of nitrogen functional groups attached to an aromatic ring is 1. The molecule has 2 N–H and O–H groups in total. The van der Waals surface area contributed by atoms with Gasteiger partial charge in [0.05, 0.1) is 12.7 Å². The van der Waals surface area contributed by atoms with Gasteiger partial charge in [0.1, 0.15) is 0 Å². The number of nitrogens with two attached hydrogens (primary N) is 1. The average molecular weight is 273 g/mol. The molecule has 3 nitrogen and oxygen atoms in total. The molecule has 19 heavy (non-hydrogen) atoms. The molecule has 4 heteroatoms. The van der Waals surface area contributed by atoms with Crippen molar-refractivity contribution >= 4 is 23.4 Å². The largest absolute Gasteiger partial charge is 0.465 e. The summed E-state index contributed by atoms with van der Waals surface area (Å²) < 4.78 is 4.78. The van der Waals surface area contributed by atoms with Crippen LogP contribution in [0.15, 0.2) is 53.4 Å². The van der Waals surface area contributed by atoms with Gasteiger partial charge in [-0.15, -0.1) is 11.8 Å². The molecule has 0 spiro atoms. The molecule has 0 fully saturated rings. The quantitative estimate of drug-likeness (QED) is 0.527. The first-order valence-corrected chi connectivity index (χ1v) is 6.84. The number of hydrogen-bond acceptors (Lipinski definition) is 4. The predicted molar refractivity (Wildman–Crippen MR) is 78.2 cm³/mol. The van der Waals surface area contributed by atoms with E-state index in [2.05, 4.69) is 0 Å². The van der Waals surface area contributed by atoms with Crippen molar-refractivity contribution in [3.8, 4) is 0 Å². The maximum absolute atomic E-state index is 11.6. The molecule has 0 unspecified atom stereocenters. The topological polar surface area (TPSA) is 52.3 Å². The SMILES string of the molecule is COC(=O)c1ccccc1SCc1ccc(N)cc1. The summed E-state index contributed by atoms with van der Waals surface area (Å²) in [6.07, 6.45) is 0. The number of hydrogen-bond donors (Lipinski definition) is 1. The van der Waals surface area contributed by atoms with Crippen molar-refractivity contribution in [1.82, 2.24) is 0 Å². The van der Waals surface area contributed by atoms with Crippen LogP contribution in [0.3, 0.4) is 0 Å². The number of anilines is 1. The molecule has 2 aromatic carbocycles. The van der Waals surface area contributed by atoms with E-state index in [1.807, 2.05) is 42.5 Å². The van der Waals surface area contributed by atoms with Crippen LogP contribution in [0.1, 0.15) is 15.9 Å². The van der Waals surface area contributed by atoms with Gasteiger partial charge in [0.25, 0.3) is 0 Å². The molecule has 0 aliphatic rings. The minimum atomic E-state index is -0.305. The standard InChI is InChI=1S/C15H15NO2S/c1-18-15(17)13-4-2-3-5-14(13)19-10-11-6-8-12(16)9-7-11/h2-9H,10,16H2,1H3.